The number of benzene rings is 2. The third-order valence-corrected chi connectivity index (χ3v) is 3.32. The maximum Gasteiger partial charge on any atom is 0.339 e. The van der Waals surface area contributed by atoms with Gasteiger partial charge in [-0.25, -0.2) is 4.79 Å². The van der Waals surface area contributed by atoms with Gasteiger partial charge < -0.3 is 14.8 Å². The molecule has 0 fully saturated rings. The molecule has 0 saturated carbocycles. The first kappa shape index (κ1) is 16.8. The van der Waals surface area contributed by atoms with E-state index in [0.29, 0.717) is 22.0 Å². The van der Waals surface area contributed by atoms with Gasteiger partial charge in [-0.1, -0.05) is 17.7 Å². The zero-order valence-electron chi connectivity index (χ0n) is 12.7. The molecule has 120 valence electrons. The van der Waals surface area contributed by atoms with Crippen molar-refractivity contribution in [3.8, 4) is 5.75 Å². The summed E-state index contributed by atoms with van der Waals surface area (Å²) >= 11 is 5.78. The van der Waals surface area contributed by atoms with E-state index in [1.165, 1.54) is 14.0 Å². The van der Waals surface area contributed by atoms with Crippen LogP contribution in [-0.2, 0) is 9.53 Å². The van der Waals surface area contributed by atoms with Crippen molar-refractivity contribution in [1.82, 2.24) is 0 Å². The van der Waals surface area contributed by atoms with E-state index in [-0.39, 0.29) is 0 Å². The molecule has 0 heterocycles. The number of carbonyl (C=O) groups excluding carboxylic acids is 2. The number of rotatable bonds is 5. The van der Waals surface area contributed by atoms with Crippen molar-refractivity contribution < 1.29 is 19.1 Å². The van der Waals surface area contributed by atoms with E-state index in [1.54, 1.807) is 48.5 Å². The fourth-order valence-electron chi connectivity index (χ4n) is 1.81. The Morgan fingerprint density at radius 2 is 1.83 bits per heavy atom. The Morgan fingerprint density at radius 3 is 2.48 bits per heavy atom. The lowest BCUT2D eigenvalue weighted by molar-refractivity contribution is -0.123. The Bertz CT molecular complexity index is 700. The van der Waals surface area contributed by atoms with Crippen molar-refractivity contribution >= 4 is 29.2 Å². The van der Waals surface area contributed by atoms with Gasteiger partial charge in [0.2, 0.25) is 0 Å². The predicted octanol–water partition coefficient (Wildman–Crippen LogP) is 3.53. The quantitative estimate of drug-likeness (QED) is 0.850. The van der Waals surface area contributed by atoms with Crippen molar-refractivity contribution in [1.29, 1.82) is 0 Å². The highest BCUT2D eigenvalue weighted by atomic mass is 35.5. The molecule has 6 heteroatoms. The topological polar surface area (TPSA) is 64.6 Å². The second kappa shape index (κ2) is 7.65. The molecule has 0 aromatic heterocycles. The van der Waals surface area contributed by atoms with Crippen LogP contribution in [-0.4, -0.2) is 25.1 Å². The molecule has 1 amide bonds. The van der Waals surface area contributed by atoms with Gasteiger partial charge in [0.1, 0.15) is 5.75 Å². The van der Waals surface area contributed by atoms with Gasteiger partial charge in [0.25, 0.3) is 5.91 Å². The maximum absolute atomic E-state index is 12.0. The largest absolute Gasteiger partial charge is 0.497 e. The number of esters is 1. The normalized spacial score (nSPS) is 11.4. The number of methoxy groups -OCH3 is 1. The predicted molar refractivity (Wildman–Crippen MR) is 88.0 cm³/mol. The summed E-state index contributed by atoms with van der Waals surface area (Å²) in [5, 5.41) is 3.22. The molecule has 0 radical (unpaired) electrons. The van der Waals surface area contributed by atoms with Crippen molar-refractivity contribution in [2.24, 2.45) is 0 Å². The van der Waals surface area contributed by atoms with Crippen LogP contribution < -0.4 is 10.1 Å². The third-order valence-electron chi connectivity index (χ3n) is 3.07. The molecule has 0 spiro atoms. The van der Waals surface area contributed by atoms with Gasteiger partial charge in [-0.15, -0.1) is 0 Å². The number of nitrogens with one attached hydrogen (secondary N) is 1. The van der Waals surface area contributed by atoms with E-state index in [4.69, 9.17) is 21.1 Å². The van der Waals surface area contributed by atoms with E-state index in [0.717, 1.165) is 0 Å². The van der Waals surface area contributed by atoms with Crippen LogP contribution in [0.1, 0.15) is 17.3 Å². The Morgan fingerprint density at radius 1 is 1.13 bits per heavy atom. The summed E-state index contributed by atoms with van der Waals surface area (Å²) in [6.07, 6.45) is -0.940. The van der Waals surface area contributed by atoms with Crippen molar-refractivity contribution in [3.05, 3.63) is 59.1 Å². The molecule has 0 aliphatic heterocycles. The van der Waals surface area contributed by atoms with E-state index in [9.17, 15) is 9.59 Å². The van der Waals surface area contributed by atoms with Crippen LogP contribution in [0.5, 0.6) is 5.75 Å². The Balaban J connectivity index is 1.97. The number of carbonyl (C=O) groups is 2. The third kappa shape index (κ3) is 4.72. The molecule has 23 heavy (non-hydrogen) atoms. The molecule has 0 unspecified atom stereocenters. The van der Waals surface area contributed by atoms with E-state index in [2.05, 4.69) is 5.32 Å². The first-order chi connectivity index (χ1) is 11.0. The number of hydrogen-bond donors (Lipinski definition) is 1. The summed E-state index contributed by atoms with van der Waals surface area (Å²) in [7, 11) is 1.51. The maximum atomic E-state index is 12.0. The summed E-state index contributed by atoms with van der Waals surface area (Å²) in [6, 6.07) is 13.2. The van der Waals surface area contributed by atoms with Gasteiger partial charge in [0.05, 0.1) is 12.7 Å². The summed E-state index contributed by atoms with van der Waals surface area (Å²) in [5.74, 6) is -0.482. The monoisotopic (exact) mass is 333 g/mol. The van der Waals surface area contributed by atoms with E-state index >= 15 is 0 Å². The highest BCUT2D eigenvalue weighted by molar-refractivity contribution is 6.30. The Hall–Kier alpha value is -2.53. The van der Waals surface area contributed by atoms with Gasteiger partial charge in [-0.05, 0) is 49.4 Å². The molecule has 0 saturated heterocycles. The zero-order valence-corrected chi connectivity index (χ0v) is 13.5. The summed E-state index contributed by atoms with van der Waals surface area (Å²) in [4.78, 5) is 24.1. The Kier molecular flexibility index (Phi) is 5.60. The molecule has 0 bridgehead atoms. The van der Waals surface area contributed by atoms with Gasteiger partial charge in [-0.3, -0.25) is 4.79 Å². The molecule has 0 aliphatic carbocycles. The first-order valence-electron chi connectivity index (χ1n) is 6.91. The minimum atomic E-state index is -0.940. The second-order valence-corrected chi connectivity index (χ2v) is 5.21. The SMILES string of the molecule is COc1cccc(C(=O)O[C@@H](C)C(=O)Nc2ccc(Cl)cc2)c1. The number of halogens is 1. The van der Waals surface area contributed by atoms with Gasteiger partial charge in [-0.2, -0.15) is 0 Å². The lowest BCUT2D eigenvalue weighted by atomic mass is 10.2. The van der Waals surface area contributed by atoms with Gasteiger partial charge in [0.15, 0.2) is 6.10 Å². The van der Waals surface area contributed by atoms with Crippen LogP contribution in [0.3, 0.4) is 0 Å². The van der Waals surface area contributed by atoms with Gasteiger partial charge >= 0.3 is 5.97 Å². The lowest BCUT2D eigenvalue weighted by Gasteiger charge is -2.14. The van der Waals surface area contributed by atoms with Gasteiger partial charge in [0, 0.05) is 10.7 Å². The number of anilines is 1. The number of ether oxygens (including phenoxy) is 2. The molecule has 1 atom stereocenters. The minimum absolute atomic E-state index is 0.315. The fraction of sp³-hybridized carbons (Fsp3) is 0.176. The first-order valence-corrected chi connectivity index (χ1v) is 7.29. The number of hydrogen-bond acceptors (Lipinski definition) is 4. The average Bonchev–Trinajstić information content (AvgIpc) is 2.56. The van der Waals surface area contributed by atoms with Crippen molar-refractivity contribution in [3.63, 3.8) is 0 Å². The second-order valence-electron chi connectivity index (χ2n) is 4.78. The molecule has 1 N–H and O–H groups in total. The van der Waals surface area contributed by atoms with Crippen molar-refractivity contribution in [2.45, 2.75) is 13.0 Å². The number of amides is 1. The lowest BCUT2D eigenvalue weighted by Crippen LogP contribution is -2.30. The molecule has 2 aromatic rings. The summed E-state index contributed by atoms with van der Waals surface area (Å²) in [6.45, 7) is 1.50. The van der Waals surface area contributed by atoms with Crippen LogP contribution in [0.4, 0.5) is 5.69 Å². The smallest absolute Gasteiger partial charge is 0.339 e. The summed E-state index contributed by atoms with van der Waals surface area (Å²) < 4.78 is 10.2. The van der Waals surface area contributed by atoms with Crippen LogP contribution in [0.25, 0.3) is 0 Å². The van der Waals surface area contributed by atoms with Crippen molar-refractivity contribution in [2.75, 3.05) is 12.4 Å². The molecule has 5 nitrogen and oxygen atoms in total. The molecular formula is C17H16ClNO4. The summed E-state index contributed by atoms with van der Waals surface area (Å²) in [5.41, 5.74) is 0.888. The molecule has 2 aromatic carbocycles. The molecule has 0 aliphatic rings. The molecule has 2 rings (SSSR count). The van der Waals surface area contributed by atoms with Crippen LogP contribution in [0.15, 0.2) is 48.5 Å². The molecular weight excluding hydrogens is 318 g/mol. The highest BCUT2D eigenvalue weighted by Gasteiger charge is 2.19. The van der Waals surface area contributed by atoms with Crippen LogP contribution in [0.2, 0.25) is 5.02 Å². The minimum Gasteiger partial charge on any atom is -0.497 e. The van der Waals surface area contributed by atoms with Crippen LogP contribution in [0, 0.1) is 0 Å². The van der Waals surface area contributed by atoms with Crippen LogP contribution >= 0.6 is 11.6 Å². The fourth-order valence-corrected chi connectivity index (χ4v) is 1.94. The average molecular weight is 334 g/mol. The zero-order chi connectivity index (χ0) is 16.8. The van der Waals surface area contributed by atoms with E-state index in [1.807, 2.05) is 0 Å². The van der Waals surface area contributed by atoms with E-state index < -0.39 is 18.0 Å². The Labute approximate surface area is 139 Å². The standard InChI is InChI=1S/C17H16ClNO4/c1-11(16(20)19-14-8-6-13(18)7-9-14)23-17(21)12-4-3-5-15(10-12)22-2/h3-11H,1-2H3,(H,19,20)/t11-/m0/s1. The highest BCUT2D eigenvalue weighted by Crippen LogP contribution is 2.16.